The standard InChI is InChI=1S/C21H37NOS/c1-2-3-4-5-6-12-17-24-20-22-21(15-10-7-11-16-21)18-13-8-9-14-19(18)23-20/h18-19H,2-17H2,1H3. The Labute approximate surface area is 153 Å². The summed E-state index contributed by atoms with van der Waals surface area (Å²) >= 11 is 1.91. The monoisotopic (exact) mass is 351 g/mol. The molecule has 1 heterocycles. The predicted octanol–water partition coefficient (Wildman–Crippen LogP) is 6.73. The van der Waals surface area contributed by atoms with Gasteiger partial charge in [-0.3, -0.25) is 0 Å². The van der Waals surface area contributed by atoms with Crippen LogP contribution in [0.4, 0.5) is 0 Å². The molecule has 2 fully saturated rings. The number of rotatable bonds is 7. The Balaban J connectivity index is 1.52. The van der Waals surface area contributed by atoms with Crippen LogP contribution in [0.1, 0.15) is 103 Å². The molecular weight excluding hydrogens is 314 g/mol. The van der Waals surface area contributed by atoms with Gasteiger partial charge in [0.05, 0.1) is 5.54 Å². The Morgan fingerprint density at radius 2 is 1.71 bits per heavy atom. The number of ether oxygens (including phenoxy) is 1. The van der Waals surface area contributed by atoms with E-state index >= 15 is 0 Å². The maximum atomic E-state index is 6.38. The lowest BCUT2D eigenvalue weighted by Gasteiger charge is -2.49. The van der Waals surface area contributed by atoms with Crippen molar-refractivity contribution in [3.63, 3.8) is 0 Å². The molecule has 2 atom stereocenters. The van der Waals surface area contributed by atoms with Crippen molar-refractivity contribution in [3.8, 4) is 0 Å². The second-order valence-corrected chi connectivity index (χ2v) is 9.25. The van der Waals surface area contributed by atoms with Crippen LogP contribution in [0.15, 0.2) is 4.99 Å². The van der Waals surface area contributed by atoms with Crippen molar-refractivity contribution in [2.45, 2.75) is 115 Å². The molecule has 2 aliphatic carbocycles. The maximum Gasteiger partial charge on any atom is 0.246 e. The number of hydrogen-bond donors (Lipinski definition) is 0. The predicted molar refractivity (Wildman–Crippen MR) is 106 cm³/mol. The molecule has 0 N–H and O–H groups in total. The van der Waals surface area contributed by atoms with Gasteiger partial charge in [-0.15, -0.1) is 0 Å². The molecule has 2 unspecified atom stereocenters. The first-order valence-corrected chi connectivity index (χ1v) is 11.7. The minimum absolute atomic E-state index is 0.255. The Bertz CT molecular complexity index is 403. The summed E-state index contributed by atoms with van der Waals surface area (Å²) in [6.45, 7) is 2.29. The molecule has 0 aromatic heterocycles. The fourth-order valence-corrected chi connectivity index (χ4v) is 5.99. The summed E-state index contributed by atoms with van der Waals surface area (Å²) in [4.78, 5) is 5.26. The molecule has 0 bridgehead atoms. The molecule has 1 aliphatic heterocycles. The summed E-state index contributed by atoms with van der Waals surface area (Å²) in [7, 11) is 0. The van der Waals surface area contributed by atoms with Crippen LogP contribution in [0.3, 0.4) is 0 Å². The van der Waals surface area contributed by atoms with Crippen LogP contribution >= 0.6 is 11.8 Å². The minimum Gasteiger partial charge on any atom is -0.469 e. The summed E-state index contributed by atoms with van der Waals surface area (Å²) < 4.78 is 6.38. The van der Waals surface area contributed by atoms with Gasteiger partial charge in [0.15, 0.2) is 0 Å². The van der Waals surface area contributed by atoms with Crippen molar-refractivity contribution < 1.29 is 4.74 Å². The van der Waals surface area contributed by atoms with Crippen molar-refractivity contribution in [1.29, 1.82) is 0 Å². The van der Waals surface area contributed by atoms with Gasteiger partial charge in [0.2, 0.25) is 5.23 Å². The third-order valence-corrected chi connectivity index (χ3v) is 7.33. The Kier molecular flexibility index (Phi) is 7.36. The van der Waals surface area contributed by atoms with Crippen molar-refractivity contribution in [3.05, 3.63) is 0 Å². The van der Waals surface area contributed by atoms with Crippen molar-refractivity contribution in [1.82, 2.24) is 0 Å². The van der Waals surface area contributed by atoms with Crippen molar-refractivity contribution in [2.75, 3.05) is 5.75 Å². The molecule has 3 rings (SSSR count). The third-order valence-electron chi connectivity index (χ3n) is 6.40. The summed E-state index contributed by atoms with van der Waals surface area (Å²) in [6, 6.07) is 0. The molecule has 2 saturated carbocycles. The number of aliphatic imine (C=N–C) groups is 1. The van der Waals surface area contributed by atoms with Gasteiger partial charge < -0.3 is 4.74 Å². The molecule has 0 amide bonds. The lowest BCUT2D eigenvalue weighted by molar-refractivity contribution is 0.00299. The topological polar surface area (TPSA) is 21.6 Å². The van der Waals surface area contributed by atoms with E-state index in [9.17, 15) is 0 Å². The van der Waals surface area contributed by atoms with Gasteiger partial charge in [-0.2, -0.15) is 0 Å². The first-order valence-electron chi connectivity index (χ1n) is 10.7. The summed E-state index contributed by atoms with van der Waals surface area (Å²) in [5, 5.41) is 1.05. The average Bonchev–Trinajstić information content (AvgIpc) is 2.62. The number of fused-ring (bicyclic) bond motifs is 2. The molecule has 1 spiro atoms. The molecule has 2 nitrogen and oxygen atoms in total. The number of nitrogens with zero attached hydrogens (tertiary/aromatic N) is 1. The quantitative estimate of drug-likeness (QED) is 0.474. The number of unbranched alkanes of at least 4 members (excludes halogenated alkanes) is 5. The lowest BCUT2D eigenvalue weighted by atomic mass is 9.66. The fraction of sp³-hybridized carbons (Fsp3) is 0.952. The van der Waals surface area contributed by atoms with Gasteiger partial charge in [0.1, 0.15) is 6.10 Å². The zero-order valence-corrected chi connectivity index (χ0v) is 16.5. The van der Waals surface area contributed by atoms with Gasteiger partial charge in [0.25, 0.3) is 0 Å². The molecule has 0 aromatic carbocycles. The van der Waals surface area contributed by atoms with Crippen LogP contribution in [0.2, 0.25) is 0 Å². The molecule has 24 heavy (non-hydrogen) atoms. The lowest BCUT2D eigenvalue weighted by Crippen LogP contribution is -2.51. The largest absolute Gasteiger partial charge is 0.469 e. The van der Waals surface area contributed by atoms with E-state index in [1.165, 1.54) is 102 Å². The van der Waals surface area contributed by atoms with Crippen LogP contribution < -0.4 is 0 Å². The highest BCUT2D eigenvalue weighted by atomic mass is 32.2. The average molecular weight is 352 g/mol. The van der Waals surface area contributed by atoms with E-state index in [1.54, 1.807) is 0 Å². The SMILES string of the molecule is CCCCCCCCSC1=NC2(CCCCC2)C2CCCCC2O1. The molecule has 0 saturated heterocycles. The molecule has 0 radical (unpaired) electrons. The van der Waals surface area contributed by atoms with E-state index in [4.69, 9.17) is 9.73 Å². The Morgan fingerprint density at radius 1 is 0.958 bits per heavy atom. The number of thioether (sulfide) groups is 1. The minimum atomic E-state index is 0.255. The molecule has 3 aliphatic rings. The van der Waals surface area contributed by atoms with E-state index in [1.807, 2.05) is 11.8 Å². The van der Waals surface area contributed by atoms with Gasteiger partial charge in [0, 0.05) is 11.7 Å². The fourth-order valence-electron chi connectivity index (χ4n) is 5.03. The summed E-state index contributed by atoms with van der Waals surface area (Å²) in [6.07, 6.45) is 20.9. The van der Waals surface area contributed by atoms with Crippen molar-refractivity contribution in [2.24, 2.45) is 10.9 Å². The first-order chi connectivity index (χ1) is 11.8. The second-order valence-electron chi connectivity index (χ2n) is 8.21. The van der Waals surface area contributed by atoms with Crippen LogP contribution in [-0.4, -0.2) is 22.6 Å². The van der Waals surface area contributed by atoms with E-state index in [0.717, 1.165) is 5.23 Å². The first kappa shape index (κ1) is 18.6. The van der Waals surface area contributed by atoms with Crippen LogP contribution in [0.25, 0.3) is 0 Å². The number of hydrogen-bond acceptors (Lipinski definition) is 3. The molecule has 3 heteroatoms. The zero-order valence-electron chi connectivity index (χ0n) is 15.7. The second kappa shape index (κ2) is 9.50. The van der Waals surface area contributed by atoms with Crippen LogP contribution in [0.5, 0.6) is 0 Å². The highest BCUT2D eigenvalue weighted by Gasteiger charge is 2.48. The van der Waals surface area contributed by atoms with E-state index in [-0.39, 0.29) is 5.54 Å². The van der Waals surface area contributed by atoms with Gasteiger partial charge in [-0.25, -0.2) is 4.99 Å². The maximum absolute atomic E-state index is 6.38. The Morgan fingerprint density at radius 3 is 2.54 bits per heavy atom. The molecule has 0 aromatic rings. The van der Waals surface area contributed by atoms with Crippen LogP contribution in [-0.2, 0) is 4.74 Å². The normalized spacial score (nSPS) is 29.0. The van der Waals surface area contributed by atoms with Crippen molar-refractivity contribution >= 4 is 17.0 Å². The zero-order chi connectivity index (χ0) is 16.7. The summed E-state index contributed by atoms with van der Waals surface area (Å²) in [5.41, 5.74) is 0.255. The molecular formula is C21H37NOS. The van der Waals surface area contributed by atoms with Gasteiger partial charge in [-0.1, -0.05) is 76.5 Å². The smallest absolute Gasteiger partial charge is 0.246 e. The van der Waals surface area contributed by atoms with E-state index in [2.05, 4.69) is 6.92 Å². The van der Waals surface area contributed by atoms with E-state index in [0.29, 0.717) is 12.0 Å². The highest BCUT2D eigenvalue weighted by Crippen LogP contribution is 2.48. The molecule has 138 valence electrons. The Hall–Kier alpha value is -0.180. The van der Waals surface area contributed by atoms with Crippen LogP contribution in [0, 0.1) is 5.92 Å². The van der Waals surface area contributed by atoms with Gasteiger partial charge >= 0.3 is 0 Å². The summed E-state index contributed by atoms with van der Waals surface area (Å²) in [5.74, 6) is 1.91. The van der Waals surface area contributed by atoms with Gasteiger partial charge in [-0.05, 0) is 38.5 Å². The third kappa shape index (κ3) is 4.71. The highest BCUT2D eigenvalue weighted by molar-refractivity contribution is 8.13. The van der Waals surface area contributed by atoms with E-state index < -0.39 is 0 Å².